The Hall–Kier alpha value is -2.02. The Morgan fingerprint density at radius 1 is 1.00 bits per heavy atom. The molecule has 0 saturated heterocycles. The van der Waals surface area contributed by atoms with Crippen LogP contribution in [-0.4, -0.2) is 8.42 Å². The molecular weight excluding hydrogens is 303 g/mol. The predicted octanol–water partition coefficient (Wildman–Crippen LogP) is 3.81. The third-order valence-electron chi connectivity index (χ3n) is 2.85. The van der Waals surface area contributed by atoms with Crippen molar-refractivity contribution in [3.8, 4) is 0 Å². The Labute approximate surface area is 120 Å². The van der Waals surface area contributed by atoms with E-state index in [2.05, 4.69) is 4.72 Å². The molecule has 3 nitrogen and oxygen atoms in total. The molecular formula is C14H12F3NO2S. The Bertz CT molecular complexity index is 741. The number of aryl methyl sites for hydroxylation is 1. The highest BCUT2D eigenvalue weighted by molar-refractivity contribution is 7.92. The summed E-state index contributed by atoms with van der Waals surface area (Å²) in [4.78, 5) is -0.0147. The van der Waals surface area contributed by atoms with Gasteiger partial charge in [0.2, 0.25) is 0 Å². The van der Waals surface area contributed by atoms with Crippen LogP contribution in [0.15, 0.2) is 53.4 Å². The number of alkyl halides is 3. The first-order chi connectivity index (χ1) is 9.70. The lowest BCUT2D eigenvalue weighted by Gasteiger charge is -2.13. The molecule has 21 heavy (non-hydrogen) atoms. The normalized spacial score (nSPS) is 12.2. The van der Waals surface area contributed by atoms with Crippen LogP contribution in [-0.2, 0) is 16.2 Å². The van der Waals surface area contributed by atoms with Crippen molar-refractivity contribution in [2.75, 3.05) is 4.72 Å². The van der Waals surface area contributed by atoms with Crippen LogP contribution in [0.2, 0.25) is 0 Å². The van der Waals surface area contributed by atoms with Crippen LogP contribution in [0.25, 0.3) is 0 Å². The molecule has 1 N–H and O–H groups in total. The highest BCUT2D eigenvalue weighted by Crippen LogP contribution is 2.33. The van der Waals surface area contributed by atoms with Gasteiger partial charge in [-0.3, -0.25) is 4.72 Å². The van der Waals surface area contributed by atoms with E-state index in [4.69, 9.17) is 0 Å². The Kier molecular flexibility index (Phi) is 3.95. The van der Waals surface area contributed by atoms with Gasteiger partial charge in [-0.1, -0.05) is 24.3 Å². The van der Waals surface area contributed by atoms with Crippen LogP contribution >= 0.6 is 0 Å². The average molecular weight is 315 g/mol. The molecule has 7 heteroatoms. The predicted molar refractivity (Wildman–Crippen MR) is 73.4 cm³/mol. The minimum atomic E-state index is -4.53. The van der Waals surface area contributed by atoms with E-state index in [1.165, 1.54) is 43.3 Å². The summed E-state index contributed by atoms with van der Waals surface area (Å²) in [5.41, 5.74) is -0.960. The van der Waals surface area contributed by atoms with Crippen molar-refractivity contribution >= 4 is 15.7 Å². The summed E-state index contributed by atoms with van der Waals surface area (Å²) in [5.74, 6) is 0. The molecule has 0 aliphatic carbocycles. The lowest BCUT2D eigenvalue weighted by molar-refractivity contribution is -0.138. The number of nitrogens with one attached hydrogen (secondary N) is 1. The maximum Gasteiger partial charge on any atom is 0.416 e. The van der Waals surface area contributed by atoms with Gasteiger partial charge in [-0.2, -0.15) is 13.2 Å². The zero-order valence-corrected chi connectivity index (χ0v) is 11.8. The first-order valence-corrected chi connectivity index (χ1v) is 7.44. The number of hydrogen-bond acceptors (Lipinski definition) is 2. The molecule has 0 fully saturated rings. The molecule has 2 rings (SSSR count). The van der Waals surface area contributed by atoms with Gasteiger partial charge in [-0.15, -0.1) is 0 Å². The number of benzene rings is 2. The van der Waals surface area contributed by atoms with Gasteiger partial charge in [-0.25, -0.2) is 8.42 Å². The summed E-state index contributed by atoms with van der Waals surface area (Å²) >= 11 is 0. The quantitative estimate of drug-likeness (QED) is 0.936. The Morgan fingerprint density at radius 2 is 1.62 bits per heavy atom. The largest absolute Gasteiger partial charge is 0.416 e. The summed E-state index contributed by atoms with van der Waals surface area (Å²) in [6, 6.07) is 10.7. The molecule has 2 aromatic carbocycles. The summed E-state index contributed by atoms with van der Waals surface area (Å²) in [7, 11) is -3.91. The van der Waals surface area contributed by atoms with Crippen LogP contribution in [0.3, 0.4) is 0 Å². The highest BCUT2D eigenvalue weighted by Gasteiger charge is 2.32. The smallest absolute Gasteiger partial charge is 0.280 e. The number of hydrogen-bond donors (Lipinski definition) is 1. The van der Waals surface area contributed by atoms with Gasteiger partial charge in [0.15, 0.2) is 0 Å². The van der Waals surface area contributed by atoms with Crippen LogP contribution < -0.4 is 4.72 Å². The summed E-state index contributed by atoms with van der Waals surface area (Å²) in [6.07, 6.45) is -4.53. The standard InChI is InChI=1S/C14H12F3NO2S/c1-10-7-8-11(9-13(10)14(15,16)17)18-21(19,20)12-5-3-2-4-6-12/h2-9,18H,1H3. The zero-order valence-electron chi connectivity index (χ0n) is 11.0. The monoisotopic (exact) mass is 315 g/mol. The fraction of sp³-hybridized carbons (Fsp3) is 0.143. The molecule has 0 amide bonds. The van der Waals surface area contributed by atoms with Crippen molar-refractivity contribution in [3.63, 3.8) is 0 Å². The fourth-order valence-corrected chi connectivity index (χ4v) is 2.88. The highest BCUT2D eigenvalue weighted by atomic mass is 32.2. The molecule has 0 unspecified atom stereocenters. The van der Waals surface area contributed by atoms with E-state index in [0.29, 0.717) is 0 Å². The molecule has 0 aromatic heterocycles. The van der Waals surface area contributed by atoms with E-state index in [-0.39, 0.29) is 16.1 Å². The Balaban J connectivity index is 2.37. The molecule has 0 saturated carbocycles. The third kappa shape index (κ3) is 3.55. The lowest BCUT2D eigenvalue weighted by Crippen LogP contribution is -2.14. The van der Waals surface area contributed by atoms with Crippen molar-refractivity contribution in [1.82, 2.24) is 0 Å². The molecule has 0 spiro atoms. The first-order valence-electron chi connectivity index (χ1n) is 5.96. The molecule has 0 radical (unpaired) electrons. The first kappa shape index (κ1) is 15.4. The molecule has 0 heterocycles. The van der Waals surface area contributed by atoms with Gasteiger partial charge in [0.05, 0.1) is 10.5 Å². The zero-order chi connectivity index (χ0) is 15.7. The molecule has 0 atom stereocenters. The maximum absolute atomic E-state index is 12.8. The lowest BCUT2D eigenvalue weighted by atomic mass is 10.1. The van der Waals surface area contributed by atoms with Crippen molar-refractivity contribution in [1.29, 1.82) is 0 Å². The summed E-state index contributed by atoms with van der Waals surface area (Å²) in [6.45, 7) is 1.32. The minimum absolute atomic E-state index is 0.0147. The molecule has 2 aromatic rings. The van der Waals surface area contributed by atoms with Gasteiger partial charge >= 0.3 is 6.18 Å². The molecule has 0 aliphatic rings. The second-order valence-electron chi connectivity index (χ2n) is 4.45. The van der Waals surface area contributed by atoms with E-state index in [9.17, 15) is 21.6 Å². The molecule has 0 bridgehead atoms. The van der Waals surface area contributed by atoms with Crippen LogP contribution in [0.1, 0.15) is 11.1 Å². The van der Waals surface area contributed by atoms with E-state index >= 15 is 0 Å². The molecule has 0 aliphatic heterocycles. The summed E-state index contributed by atoms with van der Waals surface area (Å²) in [5, 5.41) is 0. The number of halogens is 3. The number of rotatable bonds is 3. The van der Waals surface area contributed by atoms with E-state index in [0.717, 1.165) is 6.07 Å². The van der Waals surface area contributed by atoms with Gasteiger partial charge in [0.25, 0.3) is 10.0 Å². The minimum Gasteiger partial charge on any atom is -0.280 e. The van der Waals surface area contributed by atoms with Crippen LogP contribution in [0, 0.1) is 6.92 Å². The number of sulfonamides is 1. The van der Waals surface area contributed by atoms with E-state index in [1.807, 2.05) is 0 Å². The van der Waals surface area contributed by atoms with E-state index in [1.54, 1.807) is 6.07 Å². The maximum atomic E-state index is 12.8. The second kappa shape index (κ2) is 5.40. The van der Waals surface area contributed by atoms with E-state index < -0.39 is 21.8 Å². The topological polar surface area (TPSA) is 46.2 Å². The van der Waals surface area contributed by atoms with Crippen LogP contribution in [0.4, 0.5) is 18.9 Å². The van der Waals surface area contributed by atoms with Crippen molar-refractivity contribution in [2.24, 2.45) is 0 Å². The van der Waals surface area contributed by atoms with Crippen molar-refractivity contribution in [3.05, 3.63) is 59.7 Å². The average Bonchev–Trinajstić information content (AvgIpc) is 2.40. The Morgan fingerprint density at radius 3 is 2.19 bits per heavy atom. The fourth-order valence-electron chi connectivity index (χ4n) is 1.80. The second-order valence-corrected chi connectivity index (χ2v) is 6.13. The number of anilines is 1. The van der Waals surface area contributed by atoms with Gasteiger partial charge in [-0.05, 0) is 36.8 Å². The third-order valence-corrected chi connectivity index (χ3v) is 4.25. The molecule has 112 valence electrons. The SMILES string of the molecule is Cc1ccc(NS(=O)(=O)c2ccccc2)cc1C(F)(F)F. The van der Waals surface area contributed by atoms with Crippen molar-refractivity contribution < 1.29 is 21.6 Å². The van der Waals surface area contributed by atoms with Gasteiger partial charge < -0.3 is 0 Å². The van der Waals surface area contributed by atoms with Gasteiger partial charge in [0, 0.05) is 5.69 Å². The van der Waals surface area contributed by atoms with Gasteiger partial charge in [0.1, 0.15) is 0 Å². The van der Waals surface area contributed by atoms with Crippen molar-refractivity contribution in [2.45, 2.75) is 18.0 Å². The summed E-state index contributed by atoms with van der Waals surface area (Å²) < 4.78 is 64.7. The van der Waals surface area contributed by atoms with Crippen LogP contribution in [0.5, 0.6) is 0 Å².